The first-order valence-corrected chi connectivity index (χ1v) is 7.00. The van der Waals surface area contributed by atoms with Crippen LogP contribution in [0, 0.1) is 6.92 Å². The van der Waals surface area contributed by atoms with Crippen molar-refractivity contribution in [3.8, 4) is 0 Å². The molecular formula is C13H17NO3S. The first-order chi connectivity index (χ1) is 8.65. The summed E-state index contributed by atoms with van der Waals surface area (Å²) in [7, 11) is 0. The second kappa shape index (κ2) is 6.00. The van der Waals surface area contributed by atoms with Crippen LogP contribution < -0.4 is 5.32 Å². The Morgan fingerprint density at radius 2 is 2.11 bits per heavy atom. The SMILES string of the molecule is Cc1ccc(C(=O)OCC(=O)NC2CCCC2)s1. The molecule has 0 aliphatic heterocycles. The van der Waals surface area contributed by atoms with E-state index in [1.54, 1.807) is 6.07 Å². The summed E-state index contributed by atoms with van der Waals surface area (Å²) >= 11 is 1.37. The highest BCUT2D eigenvalue weighted by Crippen LogP contribution is 2.18. The van der Waals surface area contributed by atoms with E-state index in [9.17, 15) is 9.59 Å². The van der Waals surface area contributed by atoms with Crippen molar-refractivity contribution in [3.63, 3.8) is 0 Å². The first-order valence-electron chi connectivity index (χ1n) is 6.18. The number of carbonyl (C=O) groups excluding carboxylic acids is 2. The van der Waals surface area contributed by atoms with Crippen LogP contribution in [-0.2, 0) is 9.53 Å². The highest BCUT2D eigenvalue weighted by molar-refractivity contribution is 7.13. The molecule has 5 heteroatoms. The Labute approximate surface area is 110 Å². The van der Waals surface area contributed by atoms with Gasteiger partial charge in [0.05, 0.1) is 0 Å². The van der Waals surface area contributed by atoms with Gasteiger partial charge in [-0.1, -0.05) is 12.8 Å². The summed E-state index contributed by atoms with van der Waals surface area (Å²) in [5.41, 5.74) is 0. The molecule has 1 aliphatic carbocycles. The van der Waals surface area contributed by atoms with Gasteiger partial charge in [0.1, 0.15) is 4.88 Å². The lowest BCUT2D eigenvalue weighted by Crippen LogP contribution is -2.35. The number of nitrogens with one attached hydrogen (secondary N) is 1. The predicted molar refractivity (Wildman–Crippen MR) is 69.7 cm³/mol. The van der Waals surface area contributed by atoms with Crippen LogP contribution in [0.2, 0.25) is 0 Å². The zero-order valence-corrected chi connectivity index (χ0v) is 11.2. The van der Waals surface area contributed by atoms with Crippen LogP contribution in [0.4, 0.5) is 0 Å². The van der Waals surface area contributed by atoms with Crippen LogP contribution >= 0.6 is 11.3 Å². The van der Waals surface area contributed by atoms with Crippen molar-refractivity contribution in [1.82, 2.24) is 5.32 Å². The van der Waals surface area contributed by atoms with Crippen molar-refractivity contribution in [2.24, 2.45) is 0 Å². The summed E-state index contributed by atoms with van der Waals surface area (Å²) in [6, 6.07) is 3.84. The third kappa shape index (κ3) is 3.57. The molecule has 1 fully saturated rings. The fraction of sp³-hybridized carbons (Fsp3) is 0.538. The lowest BCUT2D eigenvalue weighted by Gasteiger charge is -2.11. The fourth-order valence-electron chi connectivity index (χ4n) is 2.09. The normalized spacial score (nSPS) is 15.6. The number of thiophene rings is 1. The second-order valence-electron chi connectivity index (χ2n) is 4.54. The van der Waals surface area contributed by atoms with E-state index in [4.69, 9.17) is 4.74 Å². The lowest BCUT2D eigenvalue weighted by atomic mass is 10.2. The average Bonchev–Trinajstić information content (AvgIpc) is 2.97. The number of hydrogen-bond donors (Lipinski definition) is 1. The summed E-state index contributed by atoms with van der Waals surface area (Å²) < 4.78 is 4.97. The average molecular weight is 267 g/mol. The van der Waals surface area contributed by atoms with Gasteiger partial charge in [0, 0.05) is 10.9 Å². The van der Waals surface area contributed by atoms with Gasteiger partial charge in [-0.2, -0.15) is 0 Å². The maximum Gasteiger partial charge on any atom is 0.348 e. The molecule has 1 aromatic heterocycles. The summed E-state index contributed by atoms with van der Waals surface area (Å²) in [5.74, 6) is -0.627. The molecule has 0 atom stereocenters. The van der Waals surface area contributed by atoms with E-state index in [0.29, 0.717) is 4.88 Å². The van der Waals surface area contributed by atoms with Crippen molar-refractivity contribution >= 4 is 23.2 Å². The van der Waals surface area contributed by atoms with Gasteiger partial charge in [0.15, 0.2) is 6.61 Å². The van der Waals surface area contributed by atoms with Crippen molar-refractivity contribution < 1.29 is 14.3 Å². The van der Waals surface area contributed by atoms with E-state index in [2.05, 4.69) is 5.32 Å². The fourth-order valence-corrected chi connectivity index (χ4v) is 2.85. The molecule has 1 amide bonds. The second-order valence-corrected chi connectivity index (χ2v) is 5.82. The van der Waals surface area contributed by atoms with Gasteiger partial charge in [-0.3, -0.25) is 4.79 Å². The number of hydrogen-bond acceptors (Lipinski definition) is 4. The number of ether oxygens (including phenoxy) is 1. The smallest absolute Gasteiger partial charge is 0.348 e. The zero-order chi connectivity index (χ0) is 13.0. The first kappa shape index (κ1) is 13.1. The molecular weight excluding hydrogens is 250 g/mol. The molecule has 2 rings (SSSR count). The molecule has 0 radical (unpaired) electrons. The topological polar surface area (TPSA) is 55.4 Å². The van der Waals surface area contributed by atoms with Crippen molar-refractivity contribution in [3.05, 3.63) is 21.9 Å². The van der Waals surface area contributed by atoms with Gasteiger partial charge in [-0.15, -0.1) is 11.3 Å². The molecule has 0 saturated heterocycles. The molecule has 18 heavy (non-hydrogen) atoms. The number of amides is 1. The number of rotatable bonds is 4. The highest BCUT2D eigenvalue weighted by Gasteiger charge is 2.18. The largest absolute Gasteiger partial charge is 0.451 e. The Hall–Kier alpha value is -1.36. The van der Waals surface area contributed by atoms with Gasteiger partial charge in [0.2, 0.25) is 0 Å². The minimum absolute atomic E-state index is 0.188. The van der Waals surface area contributed by atoms with Gasteiger partial charge >= 0.3 is 5.97 Å². The van der Waals surface area contributed by atoms with Gasteiger partial charge in [-0.05, 0) is 31.9 Å². The summed E-state index contributed by atoms with van der Waals surface area (Å²) in [6.07, 6.45) is 4.39. The molecule has 98 valence electrons. The minimum Gasteiger partial charge on any atom is -0.451 e. The maximum atomic E-state index is 11.6. The quantitative estimate of drug-likeness (QED) is 0.851. The van der Waals surface area contributed by atoms with Crippen molar-refractivity contribution in [1.29, 1.82) is 0 Å². The maximum absolute atomic E-state index is 11.6. The van der Waals surface area contributed by atoms with Crippen LogP contribution in [0.3, 0.4) is 0 Å². The van der Waals surface area contributed by atoms with Crippen molar-refractivity contribution in [2.75, 3.05) is 6.61 Å². The molecule has 0 spiro atoms. The van der Waals surface area contributed by atoms with Crippen molar-refractivity contribution in [2.45, 2.75) is 38.6 Å². The highest BCUT2D eigenvalue weighted by atomic mass is 32.1. The Morgan fingerprint density at radius 3 is 2.72 bits per heavy atom. The molecule has 1 aromatic rings. The molecule has 1 saturated carbocycles. The minimum atomic E-state index is -0.422. The van der Waals surface area contributed by atoms with Crippen LogP contribution in [0.1, 0.15) is 40.2 Å². The number of carbonyl (C=O) groups is 2. The zero-order valence-electron chi connectivity index (χ0n) is 10.4. The van der Waals surface area contributed by atoms with E-state index < -0.39 is 5.97 Å². The molecule has 0 aromatic carbocycles. The molecule has 0 unspecified atom stereocenters. The Kier molecular flexibility index (Phi) is 4.36. The lowest BCUT2D eigenvalue weighted by molar-refractivity contribution is -0.124. The molecule has 4 nitrogen and oxygen atoms in total. The standard InChI is InChI=1S/C13H17NO3S/c1-9-6-7-11(18-9)13(16)17-8-12(15)14-10-4-2-3-5-10/h6-7,10H,2-5,8H2,1H3,(H,14,15). The third-order valence-electron chi connectivity index (χ3n) is 3.00. The van der Waals surface area contributed by atoms with E-state index >= 15 is 0 Å². The van der Waals surface area contributed by atoms with E-state index in [1.165, 1.54) is 24.2 Å². The van der Waals surface area contributed by atoms with Gasteiger partial charge in [0.25, 0.3) is 5.91 Å². The van der Waals surface area contributed by atoms with Crippen LogP contribution in [-0.4, -0.2) is 24.5 Å². The number of esters is 1. The Balaban J connectivity index is 1.73. The summed E-state index contributed by atoms with van der Waals surface area (Å²) in [4.78, 5) is 24.8. The van der Waals surface area contributed by atoms with E-state index in [1.807, 2.05) is 13.0 Å². The summed E-state index contributed by atoms with van der Waals surface area (Å²) in [6.45, 7) is 1.74. The Morgan fingerprint density at radius 1 is 1.39 bits per heavy atom. The molecule has 0 bridgehead atoms. The molecule has 1 aliphatic rings. The van der Waals surface area contributed by atoms with E-state index in [0.717, 1.165) is 17.7 Å². The van der Waals surface area contributed by atoms with Crippen LogP contribution in [0.5, 0.6) is 0 Å². The Bertz CT molecular complexity index is 435. The van der Waals surface area contributed by atoms with Gasteiger partial charge in [-0.25, -0.2) is 4.79 Å². The van der Waals surface area contributed by atoms with Crippen LogP contribution in [0.25, 0.3) is 0 Å². The van der Waals surface area contributed by atoms with Gasteiger partial charge < -0.3 is 10.1 Å². The van der Waals surface area contributed by atoms with E-state index in [-0.39, 0.29) is 18.6 Å². The molecule has 1 N–H and O–H groups in total. The van der Waals surface area contributed by atoms with Crippen LogP contribution in [0.15, 0.2) is 12.1 Å². The summed E-state index contributed by atoms with van der Waals surface area (Å²) in [5, 5.41) is 2.88. The third-order valence-corrected chi connectivity index (χ3v) is 3.98. The molecule has 1 heterocycles. The number of aryl methyl sites for hydroxylation is 1. The predicted octanol–water partition coefficient (Wildman–Crippen LogP) is 2.27. The monoisotopic (exact) mass is 267 g/mol.